The minimum absolute atomic E-state index is 0.0826. The molecular weight excluding hydrogens is 294 g/mol. The Morgan fingerprint density at radius 3 is 1.64 bits per heavy atom. The summed E-state index contributed by atoms with van der Waals surface area (Å²) in [6, 6.07) is 0. The van der Waals surface area contributed by atoms with E-state index in [0.717, 1.165) is 19.4 Å². The zero-order chi connectivity index (χ0) is 16.3. The molecule has 0 bridgehead atoms. The first kappa shape index (κ1) is 22.2. The lowest BCUT2D eigenvalue weighted by Crippen LogP contribution is -2.25. The molecule has 2 nitrogen and oxygen atoms in total. The van der Waals surface area contributed by atoms with Crippen LogP contribution < -0.4 is 5.32 Å². The van der Waals surface area contributed by atoms with Crippen molar-refractivity contribution in [1.29, 1.82) is 0 Å². The lowest BCUT2D eigenvalue weighted by atomic mass is 10.0. The minimum Gasteiger partial charge on any atom is -0.396 e. The van der Waals surface area contributed by atoms with Crippen LogP contribution in [0.1, 0.15) is 103 Å². The molecule has 0 aliphatic carbocycles. The second kappa shape index (κ2) is 19.3. The Morgan fingerprint density at radius 2 is 1.18 bits per heavy atom. The molecule has 0 amide bonds. The smallest absolute Gasteiger partial charge is 0.0825 e. The van der Waals surface area contributed by atoms with Gasteiger partial charge in [-0.15, -0.1) is 11.6 Å². The molecule has 1 unspecified atom stereocenters. The number of alkyl halides is 1. The van der Waals surface area contributed by atoms with E-state index in [1.54, 1.807) is 0 Å². The van der Waals surface area contributed by atoms with Gasteiger partial charge in [-0.2, -0.15) is 0 Å². The third-order valence-corrected chi connectivity index (χ3v) is 4.63. The molecule has 0 fully saturated rings. The standard InChI is InChI=1S/C19H40ClNO/c1-2-3-4-5-6-7-8-9-10-11-12-13-14-16-19(20)21-17-15-18-22/h19,21-22H,2-18H2,1H3. The highest BCUT2D eigenvalue weighted by molar-refractivity contribution is 6.20. The predicted molar refractivity (Wildman–Crippen MR) is 99.7 cm³/mol. The van der Waals surface area contributed by atoms with Gasteiger partial charge in [-0.05, 0) is 19.4 Å². The van der Waals surface area contributed by atoms with Crippen LogP contribution in [0.25, 0.3) is 0 Å². The van der Waals surface area contributed by atoms with Crippen molar-refractivity contribution in [2.45, 2.75) is 109 Å². The highest BCUT2D eigenvalue weighted by Gasteiger charge is 2.02. The number of aliphatic hydroxyl groups excluding tert-OH is 1. The average Bonchev–Trinajstić information content (AvgIpc) is 2.52. The van der Waals surface area contributed by atoms with Gasteiger partial charge in [-0.3, -0.25) is 0 Å². The maximum absolute atomic E-state index is 8.69. The molecule has 0 radical (unpaired) electrons. The highest BCUT2D eigenvalue weighted by atomic mass is 35.5. The van der Waals surface area contributed by atoms with Crippen LogP contribution in [0.15, 0.2) is 0 Å². The van der Waals surface area contributed by atoms with Gasteiger partial charge in [-0.25, -0.2) is 0 Å². The predicted octanol–water partition coefficient (Wildman–Crippen LogP) is 6.00. The molecule has 3 heteroatoms. The monoisotopic (exact) mass is 333 g/mol. The van der Waals surface area contributed by atoms with Crippen molar-refractivity contribution in [1.82, 2.24) is 5.32 Å². The fraction of sp³-hybridized carbons (Fsp3) is 1.00. The molecule has 0 aromatic carbocycles. The van der Waals surface area contributed by atoms with E-state index in [1.165, 1.54) is 83.5 Å². The van der Waals surface area contributed by atoms with E-state index in [9.17, 15) is 0 Å². The Kier molecular flexibility index (Phi) is 19.4. The van der Waals surface area contributed by atoms with E-state index in [1.807, 2.05) is 0 Å². The van der Waals surface area contributed by atoms with E-state index in [-0.39, 0.29) is 12.1 Å². The number of hydrogen-bond acceptors (Lipinski definition) is 2. The van der Waals surface area contributed by atoms with Crippen molar-refractivity contribution in [3.05, 3.63) is 0 Å². The third kappa shape index (κ3) is 18.3. The minimum atomic E-state index is 0.0826. The van der Waals surface area contributed by atoms with Crippen LogP contribution in [0, 0.1) is 0 Å². The van der Waals surface area contributed by atoms with Crippen LogP contribution in [0.2, 0.25) is 0 Å². The molecule has 0 rings (SSSR count). The molecule has 0 saturated heterocycles. The van der Waals surface area contributed by atoms with Gasteiger partial charge in [0.15, 0.2) is 0 Å². The second-order valence-corrected chi connectivity index (χ2v) is 7.06. The Balaban J connectivity index is 3.05. The van der Waals surface area contributed by atoms with Crippen LogP contribution in [0.4, 0.5) is 0 Å². The third-order valence-electron chi connectivity index (χ3n) is 4.26. The number of halogens is 1. The van der Waals surface area contributed by atoms with E-state index < -0.39 is 0 Å². The molecule has 2 N–H and O–H groups in total. The second-order valence-electron chi connectivity index (χ2n) is 6.53. The largest absolute Gasteiger partial charge is 0.396 e. The van der Waals surface area contributed by atoms with E-state index >= 15 is 0 Å². The average molecular weight is 334 g/mol. The summed E-state index contributed by atoms with van der Waals surface area (Å²) in [7, 11) is 0. The van der Waals surface area contributed by atoms with Gasteiger partial charge in [-0.1, -0.05) is 90.4 Å². The summed E-state index contributed by atoms with van der Waals surface area (Å²) >= 11 is 6.17. The number of rotatable bonds is 18. The van der Waals surface area contributed by atoms with Gasteiger partial charge in [0.1, 0.15) is 0 Å². The summed E-state index contributed by atoms with van der Waals surface area (Å²) in [5, 5.41) is 11.9. The quantitative estimate of drug-likeness (QED) is 0.183. The highest BCUT2D eigenvalue weighted by Crippen LogP contribution is 2.13. The maximum atomic E-state index is 8.69. The molecule has 0 aromatic heterocycles. The van der Waals surface area contributed by atoms with Gasteiger partial charge in [0, 0.05) is 6.61 Å². The van der Waals surface area contributed by atoms with Gasteiger partial charge in [0.25, 0.3) is 0 Å². The lowest BCUT2D eigenvalue weighted by Gasteiger charge is -2.10. The van der Waals surface area contributed by atoms with Crippen molar-refractivity contribution in [2.75, 3.05) is 13.2 Å². The molecular formula is C19H40ClNO. The number of aliphatic hydroxyl groups is 1. The van der Waals surface area contributed by atoms with Gasteiger partial charge >= 0.3 is 0 Å². The van der Waals surface area contributed by atoms with E-state index in [0.29, 0.717) is 0 Å². The zero-order valence-corrected chi connectivity index (χ0v) is 15.7. The summed E-state index contributed by atoms with van der Waals surface area (Å²) < 4.78 is 0. The maximum Gasteiger partial charge on any atom is 0.0825 e. The normalized spacial score (nSPS) is 12.7. The Labute approximate surface area is 144 Å². The van der Waals surface area contributed by atoms with E-state index in [2.05, 4.69) is 12.2 Å². The van der Waals surface area contributed by atoms with Crippen molar-refractivity contribution < 1.29 is 5.11 Å². The first-order valence-electron chi connectivity index (χ1n) is 9.79. The topological polar surface area (TPSA) is 32.3 Å². The molecule has 1 atom stereocenters. The first-order chi connectivity index (χ1) is 10.8. The van der Waals surface area contributed by atoms with Crippen LogP contribution >= 0.6 is 11.6 Å². The molecule has 22 heavy (non-hydrogen) atoms. The summed E-state index contributed by atoms with van der Waals surface area (Å²) in [5.74, 6) is 0. The molecule has 0 spiro atoms. The van der Waals surface area contributed by atoms with Crippen LogP contribution in [0.3, 0.4) is 0 Å². The lowest BCUT2D eigenvalue weighted by molar-refractivity contribution is 0.285. The van der Waals surface area contributed by atoms with Gasteiger partial charge in [0.05, 0.1) is 5.50 Å². The molecule has 134 valence electrons. The van der Waals surface area contributed by atoms with Crippen molar-refractivity contribution in [2.24, 2.45) is 0 Å². The van der Waals surface area contributed by atoms with Crippen LogP contribution in [-0.2, 0) is 0 Å². The zero-order valence-electron chi connectivity index (χ0n) is 14.9. The molecule has 0 saturated carbocycles. The van der Waals surface area contributed by atoms with E-state index in [4.69, 9.17) is 16.7 Å². The Hall–Kier alpha value is 0.210. The number of hydrogen-bond donors (Lipinski definition) is 2. The Morgan fingerprint density at radius 1 is 0.727 bits per heavy atom. The molecule has 0 aliphatic rings. The molecule has 0 heterocycles. The van der Waals surface area contributed by atoms with Crippen molar-refractivity contribution in [3.8, 4) is 0 Å². The molecule has 0 aliphatic heterocycles. The van der Waals surface area contributed by atoms with Crippen molar-refractivity contribution >= 4 is 11.6 Å². The fourth-order valence-electron chi connectivity index (χ4n) is 2.78. The Bertz CT molecular complexity index is 202. The van der Waals surface area contributed by atoms with Crippen molar-refractivity contribution in [3.63, 3.8) is 0 Å². The summed E-state index contributed by atoms with van der Waals surface area (Å²) in [6.45, 7) is 3.35. The van der Waals surface area contributed by atoms with Crippen LogP contribution in [-0.4, -0.2) is 23.8 Å². The number of unbranched alkanes of at least 4 members (excludes halogenated alkanes) is 12. The van der Waals surface area contributed by atoms with Gasteiger partial charge in [0.2, 0.25) is 0 Å². The summed E-state index contributed by atoms with van der Waals surface area (Å²) in [6.07, 6.45) is 19.9. The van der Waals surface area contributed by atoms with Gasteiger partial charge < -0.3 is 10.4 Å². The summed E-state index contributed by atoms with van der Waals surface area (Å²) in [4.78, 5) is 0. The summed E-state index contributed by atoms with van der Waals surface area (Å²) in [5.41, 5.74) is 0.0826. The molecule has 0 aromatic rings. The SMILES string of the molecule is CCCCCCCCCCCCCCCC(Cl)NCCCO. The van der Waals surface area contributed by atoms with Crippen LogP contribution in [0.5, 0.6) is 0 Å². The number of nitrogens with one attached hydrogen (secondary N) is 1. The fourth-order valence-corrected chi connectivity index (χ4v) is 3.04. The first-order valence-corrected chi connectivity index (χ1v) is 10.2.